The standard InChI is InChI=1S/C8H18Cl4N3OP/c9-1-5-13-17(16,14-6-2-10)15(7-3-11)8-4-12/h1-8H2,(H2,13,14,16). The van der Waals surface area contributed by atoms with Crippen LogP contribution in [-0.2, 0) is 4.57 Å². The Balaban J connectivity index is 4.62. The van der Waals surface area contributed by atoms with Crippen LogP contribution in [0.2, 0.25) is 0 Å². The third kappa shape index (κ3) is 7.44. The Morgan fingerprint density at radius 2 is 1.24 bits per heavy atom. The van der Waals surface area contributed by atoms with E-state index >= 15 is 0 Å². The lowest BCUT2D eigenvalue weighted by Gasteiger charge is -2.31. The van der Waals surface area contributed by atoms with Gasteiger partial charge in [0.15, 0.2) is 0 Å². The fourth-order valence-corrected chi connectivity index (χ4v) is 4.43. The molecule has 4 nitrogen and oxygen atoms in total. The van der Waals surface area contributed by atoms with Crippen molar-refractivity contribution in [3.05, 3.63) is 0 Å². The van der Waals surface area contributed by atoms with Crippen LogP contribution in [-0.4, -0.2) is 54.4 Å². The number of hydrogen-bond donors (Lipinski definition) is 2. The molecular weight excluding hydrogens is 327 g/mol. The van der Waals surface area contributed by atoms with Gasteiger partial charge < -0.3 is 0 Å². The maximum absolute atomic E-state index is 12.7. The summed E-state index contributed by atoms with van der Waals surface area (Å²) in [6.45, 7) is 1.84. The second-order valence-corrected chi connectivity index (χ2v) is 6.96. The van der Waals surface area contributed by atoms with E-state index in [4.69, 9.17) is 46.4 Å². The molecule has 0 fully saturated rings. The molecule has 0 spiro atoms. The molecular formula is C8H18Cl4N3OP. The first-order chi connectivity index (χ1) is 8.14. The molecule has 0 aliphatic carbocycles. The maximum atomic E-state index is 12.7. The Morgan fingerprint density at radius 1 is 0.824 bits per heavy atom. The van der Waals surface area contributed by atoms with Crippen molar-refractivity contribution in [3.8, 4) is 0 Å². The highest BCUT2D eigenvalue weighted by atomic mass is 35.5. The number of hydrogen-bond acceptors (Lipinski definition) is 1. The lowest BCUT2D eigenvalue weighted by molar-refractivity contribution is 0.426. The molecule has 0 saturated heterocycles. The lowest BCUT2D eigenvalue weighted by Crippen LogP contribution is -2.39. The number of nitrogens with zero attached hydrogens (tertiary/aromatic N) is 1. The molecule has 0 aromatic rings. The Morgan fingerprint density at radius 3 is 1.53 bits per heavy atom. The second kappa shape index (κ2) is 11.1. The molecule has 17 heavy (non-hydrogen) atoms. The molecule has 0 amide bonds. The SMILES string of the molecule is O=P(NCCCl)(NCCCl)N(CCCl)CCCl. The zero-order chi connectivity index (χ0) is 13.1. The molecule has 0 saturated carbocycles. The molecule has 0 rings (SSSR count). The van der Waals surface area contributed by atoms with Crippen LogP contribution in [0, 0.1) is 0 Å². The topological polar surface area (TPSA) is 44.4 Å². The summed E-state index contributed by atoms with van der Waals surface area (Å²) in [4.78, 5) is 0. The minimum Gasteiger partial charge on any atom is -0.271 e. The summed E-state index contributed by atoms with van der Waals surface area (Å²) in [7, 11) is -2.90. The number of alkyl halides is 4. The van der Waals surface area contributed by atoms with E-state index in [0.29, 0.717) is 49.7 Å². The van der Waals surface area contributed by atoms with Crippen molar-refractivity contribution >= 4 is 54.0 Å². The third-order valence-corrected chi connectivity index (χ3v) is 5.14. The number of halogens is 4. The van der Waals surface area contributed by atoms with Gasteiger partial charge in [-0.1, -0.05) is 0 Å². The van der Waals surface area contributed by atoms with Crippen molar-refractivity contribution in [2.45, 2.75) is 0 Å². The molecule has 9 heteroatoms. The van der Waals surface area contributed by atoms with Gasteiger partial charge in [0.2, 0.25) is 0 Å². The summed E-state index contributed by atoms with van der Waals surface area (Å²) >= 11 is 22.6. The van der Waals surface area contributed by atoms with Gasteiger partial charge in [-0.3, -0.25) is 4.57 Å². The summed E-state index contributed by atoms with van der Waals surface area (Å²) in [6.07, 6.45) is 0. The predicted molar refractivity (Wildman–Crippen MR) is 78.1 cm³/mol. The quantitative estimate of drug-likeness (QED) is 0.446. The van der Waals surface area contributed by atoms with Gasteiger partial charge in [-0.05, 0) is 0 Å². The summed E-state index contributed by atoms with van der Waals surface area (Å²) in [5.74, 6) is 1.52. The van der Waals surface area contributed by atoms with Gasteiger partial charge in [0.1, 0.15) is 0 Å². The second-order valence-electron chi connectivity index (χ2n) is 3.10. The van der Waals surface area contributed by atoms with Gasteiger partial charge in [-0.15, -0.1) is 46.4 Å². The molecule has 0 radical (unpaired) electrons. The zero-order valence-electron chi connectivity index (χ0n) is 9.47. The van der Waals surface area contributed by atoms with Crippen LogP contribution in [0.5, 0.6) is 0 Å². The van der Waals surface area contributed by atoms with Crippen molar-refractivity contribution in [1.82, 2.24) is 14.8 Å². The van der Waals surface area contributed by atoms with Gasteiger partial charge in [-0.2, -0.15) is 0 Å². The van der Waals surface area contributed by atoms with Crippen LogP contribution < -0.4 is 10.2 Å². The first-order valence-electron chi connectivity index (χ1n) is 5.24. The Hall–Kier alpha value is 1.27. The maximum Gasteiger partial charge on any atom is 0.281 e. The van der Waals surface area contributed by atoms with Crippen LogP contribution in [0.3, 0.4) is 0 Å². The molecule has 0 unspecified atom stereocenters. The van der Waals surface area contributed by atoms with Gasteiger partial charge in [0, 0.05) is 49.7 Å². The van der Waals surface area contributed by atoms with Crippen molar-refractivity contribution in [2.24, 2.45) is 0 Å². The van der Waals surface area contributed by atoms with E-state index in [2.05, 4.69) is 10.2 Å². The van der Waals surface area contributed by atoms with Gasteiger partial charge >= 0.3 is 0 Å². The van der Waals surface area contributed by atoms with E-state index in [1.165, 1.54) is 0 Å². The molecule has 0 aliphatic rings. The van der Waals surface area contributed by atoms with Crippen molar-refractivity contribution < 1.29 is 4.57 Å². The molecule has 0 aliphatic heterocycles. The van der Waals surface area contributed by atoms with Gasteiger partial charge in [0.05, 0.1) is 0 Å². The zero-order valence-corrected chi connectivity index (χ0v) is 13.4. The van der Waals surface area contributed by atoms with Crippen LogP contribution in [0.25, 0.3) is 0 Å². The van der Waals surface area contributed by atoms with Crippen molar-refractivity contribution in [1.29, 1.82) is 0 Å². The average Bonchev–Trinajstić information content (AvgIpc) is 2.33. The number of rotatable bonds is 11. The molecule has 104 valence electrons. The number of nitrogens with one attached hydrogen (secondary N) is 2. The Bertz CT molecular complexity index is 217. The summed E-state index contributed by atoms with van der Waals surface area (Å²) in [6, 6.07) is 0. The van der Waals surface area contributed by atoms with Crippen LogP contribution in [0.4, 0.5) is 0 Å². The van der Waals surface area contributed by atoms with Crippen LogP contribution in [0.1, 0.15) is 0 Å². The van der Waals surface area contributed by atoms with E-state index in [0.717, 1.165) is 0 Å². The Kier molecular flexibility index (Phi) is 12.0. The van der Waals surface area contributed by atoms with E-state index in [-0.39, 0.29) is 0 Å². The highest BCUT2D eigenvalue weighted by molar-refractivity contribution is 7.57. The summed E-state index contributed by atoms with van der Waals surface area (Å²) < 4.78 is 14.4. The summed E-state index contributed by atoms with van der Waals surface area (Å²) in [5, 5.41) is 5.83. The monoisotopic (exact) mass is 343 g/mol. The average molecular weight is 345 g/mol. The predicted octanol–water partition coefficient (Wildman–Crippen LogP) is 2.53. The van der Waals surface area contributed by atoms with E-state index in [1.807, 2.05) is 0 Å². The lowest BCUT2D eigenvalue weighted by atomic mass is 10.6. The molecule has 0 bridgehead atoms. The van der Waals surface area contributed by atoms with Crippen molar-refractivity contribution in [3.63, 3.8) is 0 Å². The normalized spacial score (nSPS) is 12.3. The molecule has 0 heterocycles. The van der Waals surface area contributed by atoms with E-state index in [9.17, 15) is 4.57 Å². The van der Waals surface area contributed by atoms with E-state index < -0.39 is 7.59 Å². The highest BCUT2D eigenvalue weighted by Gasteiger charge is 2.28. The first-order valence-corrected chi connectivity index (χ1v) is 9.04. The smallest absolute Gasteiger partial charge is 0.271 e. The fourth-order valence-electron chi connectivity index (χ4n) is 1.23. The van der Waals surface area contributed by atoms with Gasteiger partial charge in [-0.25, -0.2) is 14.8 Å². The minimum atomic E-state index is -2.90. The van der Waals surface area contributed by atoms with Crippen LogP contribution >= 0.6 is 54.0 Å². The largest absolute Gasteiger partial charge is 0.281 e. The van der Waals surface area contributed by atoms with Crippen LogP contribution in [0.15, 0.2) is 0 Å². The molecule has 0 atom stereocenters. The minimum absolute atomic E-state index is 0.377. The third-order valence-electron chi connectivity index (χ3n) is 1.92. The molecule has 0 aromatic carbocycles. The Labute approximate surface area is 123 Å². The van der Waals surface area contributed by atoms with Crippen molar-refractivity contribution in [2.75, 3.05) is 49.7 Å². The first kappa shape index (κ1) is 18.3. The highest BCUT2D eigenvalue weighted by Crippen LogP contribution is 2.40. The summed E-state index contributed by atoms with van der Waals surface area (Å²) in [5.41, 5.74) is 0. The molecule has 0 aromatic heterocycles. The molecule has 2 N–H and O–H groups in total. The fraction of sp³-hybridized carbons (Fsp3) is 1.00. The van der Waals surface area contributed by atoms with E-state index in [1.54, 1.807) is 4.67 Å². The van der Waals surface area contributed by atoms with Gasteiger partial charge in [0.25, 0.3) is 7.59 Å².